The lowest BCUT2D eigenvalue weighted by molar-refractivity contribution is -0.0201. The maximum atomic E-state index is 12.3. The van der Waals surface area contributed by atoms with E-state index in [-0.39, 0.29) is 16.9 Å². The van der Waals surface area contributed by atoms with Crippen LogP contribution in [0.15, 0.2) is 29.2 Å². The Labute approximate surface area is 143 Å². The van der Waals surface area contributed by atoms with Crippen molar-refractivity contribution in [3.05, 3.63) is 29.8 Å². The van der Waals surface area contributed by atoms with Crippen molar-refractivity contribution in [2.75, 3.05) is 13.1 Å². The van der Waals surface area contributed by atoms with Gasteiger partial charge in [-0.25, -0.2) is 4.79 Å². The molecule has 134 valence electrons. The second-order valence-electron chi connectivity index (χ2n) is 7.21. The number of rotatable bonds is 4. The van der Waals surface area contributed by atoms with E-state index in [4.69, 9.17) is 8.92 Å². The predicted molar refractivity (Wildman–Crippen MR) is 90.2 cm³/mol. The van der Waals surface area contributed by atoms with E-state index in [9.17, 15) is 13.2 Å². The van der Waals surface area contributed by atoms with Crippen molar-refractivity contribution in [1.29, 1.82) is 0 Å². The summed E-state index contributed by atoms with van der Waals surface area (Å²) < 4.78 is 35.1. The van der Waals surface area contributed by atoms with E-state index < -0.39 is 21.8 Å². The van der Waals surface area contributed by atoms with E-state index in [0.717, 1.165) is 5.56 Å². The van der Waals surface area contributed by atoms with Crippen LogP contribution in [0.3, 0.4) is 0 Å². The summed E-state index contributed by atoms with van der Waals surface area (Å²) in [6.45, 7) is 9.88. The van der Waals surface area contributed by atoms with Gasteiger partial charge >= 0.3 is 6.09 Å². The summed E-state index contributed by atoms with van der Waals surface area (Å²) in [5, 5.41) is 0. The molecule has 6 nitrogen and oxygen atoms in total. The lowest BCUT2D eigenvalue weighted by Gasteiger charge is -2.41. The number of benzene rings is 1. The minimum Gasteiger partial charge on any atom is -0.444 e. The van der Waals surface area contributed by atoms with Gasteiger partial charge in [-0.15, -0.1) is 0 Å². The maximum Gasteiger partial charge on any atom is 0.410 e. The normalized spacial score (nSPS) is 17.3. The molecule has 0 aliphatic carbocycles. The number of amides is 1. The first-order chi connectivity index (χ1) is 11.0. The van der Waals surface area contributed by atoms with Crippen LogP contribution >= 0.6 is 0 Å². The molecule has 0 radical (unpaired) electrons. The lowest BCUT2D eigenvalue weighted by Crippen LogP contribution is -2.55. The zero-order valence-corrected chi connectivity index (χ0v) is 15.6. The Morgan fingerprint density at radius 3 is 2.25 bits per heavy atom. The van der Waals surface area contributed by atoms with E-state index in [0.29, 0.717) is 13.1 Å². The third kappa shape index (κ3) is 4.70. The highest BCUT2D eigenvalue weighted by Crippen LogP contribution is 2.26. The summed E-state index contributed by atoms with van der Waals surface area (Å²) in [6.07, 6.45) is -0.887. The second kappa shape index (κ2) is 6.72. The molecule has 1 saturated heterocycles. The molecule has 0 aromatic heterocycles. The Kier molecular flexibility index (Phi) is 5.25. The minimum atomic E-state index is -3.80. The van der Waals surface area contributed by atoms with Crippen LogP contribution in [-0.4, -0.2) is 44.2 Å². The third-order valence-electron chi connectivity index (χ3n) is 3.81. The third-order valence-corrected chi connectivity index (χ3v) is 5.22. The SMILES string of the molecule is Cc1ccc(S(=O)(=O)O[C@H](C)C2CN(C(=O)OC(C)(C)C)C2)cc1. The number of hydrogen-bond acceptors (Lipinski definition) is 5. The summed E-state index contributed by atoms with van der Waals surface area (Å²) in [5.41, 5.74) is 0.438. The highest BCUT2D eigenvalue weighted by molar-refractivity contribution is 7.86. The van der Waals surface area contributed by atoms with Crippen molar-refractivity contribution in [3.8, 4) is 0 Å². The van der Waals surface area contributed by atoms with Gasteiger partial charge in [0.05, 0.1) is 11.0 Å². The topological polar surface area (TPSA) is 72.9 Å². The molecule has 1 atom stereocenters. The molecular weight excluding hydrogens is 330 g/mol. The summed E-state index contributed by atoms with van der Waals surface area (Å²) in [4.78, 5) is 13.6. The first-order valence-corrected chi connectivity index (χ1v) is 9.37. The van der Waals surface area contributed by atoms with Crippen LogP contribution in [-0.2, 0) is 19.0 Å². The van der Waals surface area contributed by atoms with Gasteiger partial charge in [-0.3, -0.25) is 4.18 Å². The molecule has 7 heteroatoms. The summed E-state index contributed by atoms with van der Waals surface area (Å²) in [7, 11) is -3.80. The number of carbonyl (C=O) groups excluding carboxylic acids is 1. The molecule has 1 aromatic carbocycles. The van der Waals surface area contributed by atoms with E-state index in [1.807, 2.05) is 27.7 Å². The highest BCUT2D eigenvalue weighted by atomic mass is 32.2. The molecule has 1 aromatic rings. The largest absolute Gasteiger partial charge is 0.444 e. The zero-order valence-electron chi connectivity index (χ0n) is 14.8. The van der Waals surface area contributed by atoms with E-state index in [2.05, 4.69) is 0 Å². The van der Waals surface area contributed by atoms with Gasteiger partial charge in [0.15, 0.2) is 0 Å². The van der Waals surface area contributed by atoms with Gasteiger partial charge in [-0.1, -0.05) is 17.7 Å². The Balaban J connectivity index is 1.89. The molecule has 1 heterocycles. The average molecular weight is 355 g/mol. The lowest BCUT2D eigenvalue weighted by atomic mass is 9.95. The quantitative estimate of drug-likeness (QED) is 0.777. The Hall–Kier alpha value is -1.60. The number of likely N-dealkylation sites (tertiary alicyclic amines) is 1. The fourth-order valence-corrected chi connectivity index (χ4v) is 3.46. The van der Waals surface area contributed by atoms with Crippen LogP contribution in [0.5, 0.6) is 0 Å². The van der Waals surface area contributed by atoms with E-state index in [1.165, 1.54) is 12.1 Å². The zero-order chi connectivity index (χ0) is 18.1. The second-order valence-corrected chi connectivity index (χ2v) is 8.79. The highest BCUT2D eigenvalue weighted by Gasteiger charge is 2.38. The van der Waals surface area contributed by atoms with Crippen molar-refractivity contribution in [2.24, 2.45) is 5.92 Å². The summed E-state index contributed by atoms with van der Waals surface area (Å²) in [6, 6.07) is 6.53. The first-order valence-electron chi connectivity index (χ1n) is 7.96. The molecule has 0 saturated carbocycles. The number of ether oxygens (including phenoxy) is 1. The molecule has 1 aliphatic rings. The van der Waals surface area contributed by atoms with Crippen molar-refractivity contribution < 1.29 is 22.1 Å². The predicted octanol–water partition coefficient (Wildman–Crippen LogP) is 2.96. The van der Waals surface area contributed by atoms with Gasteiger partial charge in [0, 0.05) is 19.0 Å². The van der Waals surface area contributed by atoms with Crippen LogP contribution in [0.25, 0.3) is 0 Å². The fourth-order valence-electron chi connectivity index (χ4n) is 2.32. The molecule has 2 rings (SSSR count). The van der Waals surface area contributed by atoms with Gasteiger partial charge in [-0.2, -0.15) is 8.42 Å². The van der Waals surface area contributed by atoms with Gasteiger partial charge in [0.2, 0.25) is 0 Å². The van der Waals surface area contributed by atoms with Gasteiger partial charge in [0.1, 0.15) is 5.60 Å². The van der Waals surface area contributed by atoms with Crippen LogP contribution in [0, 0.1) is 12.8 Å². The van der Waals surface area contributed by atoms with Crippen LogP contribution < -0.4 is 0 Å². The first kappa shape index (κ1) is 18.7. The minimum absolute atomic E-state index is 0.0299. The number of aryl methyl sites for hydroxylation is 1. The maximum absolute atomic E-state index is 12.3. The van der Waals surface area contributed by atoms with Crippen LogP contribution in [0.4, 0.5) is 4.79 Å². The fraction of sp³-hybridized carbons (Fsp3) is 0.588. The standard InChI is InChI=1S/C17H25NO5S/c1-12-6-8-15(9-7-12)24(20,21)23-13(2)14-10-18(11-14)16(19)22-17(3,4)5/h6-9,13-14H,10-11H2,1-5H3/t13-/m1/s1. The number of carbonyl (C=O) groups is 1. The van der Waals surface area contributed by atoms with Crippen LogP contribution in [0.1, 0.15) is 33.3 Å². The molecule has 0 N–H and O–H groups in total. The molecule has 1 aliphatic heterocycles. The summed E-state index contributed by atoms with van der Waals surface area (Å²) >= 11 is 0. The molecule has 1 amide bonds. The molecular formula is C17H25NO5S. The Morgan fingerprint density at radius 2 is 1.75 bits per heavy atom. The summed E-state index contributed by atoms with van der Waals surface area (Å²) in [5.74, 6) is -0.0299. The van der Waals surface area contributed by atoms with Gasteiger partial charge in [-0.05, 0) is 46.8 Å². The number of nitrogens with zero attached hydrogens (tertiary/aromatic N) is 1. The van der Waals surface area contributed by atoms with Crippen molar-refractivity contribution in [2.45, 2.75) is 51.2 Å². The molecule has 0 bridgehead atoms. The monoisotopic (exact) mass is 355 g/mol. The molecule has 24 heavy (non-hydrogen) atoms. The molecule has 0 spiro atoms. The van der Waals surface area contributed by atoms with Crippen molar-refractivity contribution in [3.63, 3.8) is 0 Å². The number of hydrogen-bond donors (Lipinski definition) is 0. The van der Waals surface area contributed by atoms with E-state index in [1.54, 1.807) is 24.0 Å². The Morgan fingerprint density at radius 1 is 1.21 bits per heavy atom. The average Bonchev–Trinajstić information content (AvgIpc) is 2.34. The van der Waals surface area contributed by atoms with Gasteiger partial charge < -0.3 is 9.64 Å². The Bertz CT molecular complexity index is 685. The van der Waals surface area contributed by atoms with Crippen molar-refractivity contribution >= 4 is 16.2 Å². The van der Waals surface area contributed by atoms with Gasteiger partial charge in [0.25, 0.3) is 10.1 Å². The van der Waals surface area contributed by atoms with Crippen LogP contribution in [0.2, 0.25) is 0 Å². The van der Waals surface area contributed by atoms with E-state index >= 15 is 0 Å². The molecule has 1 fully saturated rings. The molecule has 0 unspecified atom stereocenters. The van der Waals surface area contributed by atoms with Crippen molar-refractivity contribution in [1.82, 2.24) is 4.90 Å². The smallest absolute Gasteiger partial charge is 0.410 e.